The number of hydrogen-bond donors (Lipinski definition) is 2. The number of fused-ring (bicyclic) bond motifs is 1. The minimum atomic E-state index is -0.385. The van der Waals surface area contributed by atoms with Crippen LogP contribution in [0.1, 0.15) is 40.5 Å². The lowest BCUT2D eigenvalue weighted by Crippen LogP contribution is -2.36. The number of aryl methyl sites for hydroxylation is 2. The minimum Gasteiger partial charge on any atom is -0.488 e. The van der Waals surface area contributed by atoms with Gasteiger partial charge in [0.25, 0.3) is 5.91 Å². The number of furan rings is 1. The summed E-state index contributed by atoms with van der Waals surface area (Å²) in [5, 5.41) is 13.0. The van der Waals surface area contributed by atoms with Crippen LogP contribution in [0.15, 0.2) is 28.1 Å². The molecule has 0 unspecified atom stereocenters. The lowest BCUT2D eigenvalue weighted by Gasteiger charge is -2.21. The number of thiazole rings is 1. The van der Waals surface area contributed by atoms with Gasteiger partial charge in [0.1, 0.15) is 23.7 Å². The maximum Gasteiger partial charge on any atom is 0.255 e. The van der Waals surface area contributed by atoms with Crippen LogP contribution < -0.4 is 10.1 Å². The number of carbonyl (C=O) groups excluding carboxylic acids is 1. The summed E-state index contributed by atoms with van der Waals surface area (Å²) >= 11 is 1.56. The van der Waals surface area contributed by atoms with Gasteiger partial charge in [-0.05, 0) is 32.0 Å². The Morgan fingerprint density at radius 1 is 1.37 bits per heavy atom. The monoisotopic (exact) mass is 388 g/mol. The van der Waals surface area contributed by atoms with E-state index in [0.717, 1.165) is 10.6 Å². The Balaban J connectivity index is 1.81. The van der Waals surface area contributed by atoms with E-state index >= 15 is 0 Å². The maximum atomic E-state index is 12.7. The van der Waals surface area contributed by atoms with Crippen molar-refractivity contribution in [3.8, 4) is 5.75 Å². The van der Waals surface area contributed by atoms with Crippen LogP contribution in [0.2, 0.25) is 0 Å². The van der Waals surface area contributed by atoms with E-state index in [9.17, 15) is 9.90 Å². The fourth-order valence-electron chi connectivity index (χ4n) is 2.65. The highest BCUT2D eigenvalue weighted by atomic mass is 32.1. The van der Waals surface area contributed by atoms with Crippen LogP contribution in [0.5, 0.6) is 5.75 Å². The van der Waals surface area contributed by atoms with Crippen molar-refractivity contribution in [1.29, 1.82) is 0 Å². The van der Waals surface area contributed by atoms with Gasteiger partial charge in [-0.1, -0.05) is 13.8 Å². The fourth-order valence-corrected chi connectivity index (χ4v) is 3.34. The number of amides is 1. The number of rotatable bonds is 7. The van der Waals surface area contributed by atoms with Crippen molar-refractivity contribution >= 4 is 28.2 Å². The Bertz CT molecular complexity index is 958. The molecule has 0 aliphatic rings. The third-order valence-electron chi connectivity index (χ3n) is 4.43. The zero-order valence-corrected chi connectivity index (χ0v) is 16.8. The van der Waals surface area contributed by atoms with E-state index in [1.807, 2.05) is 39.0 Å². The number of hydrogen-bond acceptors (Lipinski definition) is 6. The third-order valence-corrected chi connectivity index (χ3v) is 5.34. The molecule has 0 saturated carbocycles. The molecular formula is C20H24N2O4S. The van der Waals surface area contributed by atoms with Gasteiger partial charge in [0.05, 0.1) is 21.6 Å². The van der Waals surface area contributed by atoms with Crippen LogP contribution in [0, 0.1) is 19.3 Å². The summed E-state index contributed by atoms with van der Waals surface area (Å²) < 4.78 is 11.6. The lowest BCUT2D eigenvalue weighted by atomic mass is 9.95. The van der Waals surface area contributed by atoms with Crippen LogP contribution in [0.25, 0.3) is 11.0 Å². The molecule has 0 atom stereocenters. The zero-order chi connectivity index (χ0) is 19.6. The van der Waals surface area contributed by atoms with Gasteiger partial charge in [-0.2, -0.15) is 0 Å². The number of nitrogens with zero attached hydrogens (tertiary/aromatic N) is 1. The van der Waals surface area contributed by atoms with Crippen molar-refractivity contribution < 1.29 is 19.1 Å². The average molecular weight is 388 g/mol. The second-order valence-electron chi connectivity index (χ2n) is 7.35. The van der Waals surface area contributed by atoms with Gasteiger partial charge in [-0.25, -0.2) is 4.98 Å². The normalized spacial score (nSPS) is 11.7. The van der Waals surface area contributed by atoms with E-state index in [-0.39, 0.29) is 17.9 Å². The summed E-state index contributed by atoms with van der Waals surface area (Å²) in [5.74, 6) is 1.00. The van der Waals surface area contributed by atoms with Gasteiger partial charge in [0.2, 0.25) is 0 Å². The average Bonchev–Trinajstić information content (AvgIpc) is 3.19. The smallest absolute Gasteiger partial charge is 0.255 e. The second kappa shape index (κ2) is 7.70. The van der Waals surface area contributed by atoms with Crippen molar-refractivity contribution in [1.82, 2.24) is 10.3 Å². The van der Waals surface area contributed by atoms with Crippen LogP contribution in [0.3, 0.4) is 0 Å². The molecule has 6 nitrogen and oxygen atoms in total. The summed E-state index contributed by atoms with van der Waals surface area (Å²) in [6.45, 7) is 8.30. The molecule has 2 N–H and O–H groups in total. The first-order valence-corrected chi connectivity index (χ1v) is 9.62. The van der Waals surface area contributed by atoms with E-state index in [2.05, 4.69) is 10.3 Å². The first-order chi connectivity index (χ1) is 12.8. The number of benzene rings is 1. The van der Waals surface area contributed by atoms with Crippen molar-refractivity contribution in [2.45, 2.75) is 34.3 Å². The van der Waals surface area contributed by atoms with E-state index in [1.54, 1.807) is 23.8 Å². The van der Waals surface area contributed by atoms with Crippen LogP contribution in [-0.4, -0.2) is 29.1 Å². The minimum absolute atomic E-state index is 0.00657. The van der Waals surface area contributed by atoms with Gasteiger partial charge >= 0.3 is 0 Å². The first kappa shape index (κ1) is 19.4. The highest BCUT2D eigenvalue weighted by molar-refractivity contribution is 7.09. The molecule has 0 radical (unpaired) electrons. The zero-order valence-electron chi connectivity index (χ0n) is 16.0. The number of ether oxygens (including phenoxy) is 1. The Kier molecular flexibility index (Phi) is 5.53. The summed E-state index contributed by atoms with van der Waals surface area (Å²) in [5.41, 5.74) is 3.52. The molecule has 0 fully saturated rings. The standard InChI is InChI=1S/C20H24N2O4S/c1-12-17(27-11-22-12)8-25-14-5-6-16-15(7-14)18(13(2)26-16)19(24)21-9-20(3,4)10-23/h5-7,11,23H,8-10H2,1-4H3,(H,21,24). The maximum absolute atomic E-state index is 12.7. The van der Waals surface area contributed by atoms with Gasteiger partial charge in [-0.15, -0.1) is 11.3 Å². The molecule has 0 aliphatic carbocycles. The van der Waals surface area contributed by atoms with Gasteiger partial charge < -0.3 is 19.6 Å². The highest BCUT2D eigenvalue weighted by Gasteiger charge is 2.22. The van der Waals surface area contributed by atoms with Gasteiger partial charge in [0, 0.05) is 24.0 Å². The van der Waals surface area contributed by atoms with Crippen LogP contribution in [0.4, 0.5) is 0 Å². The molecule has 2 heterocycles. The summed E-state index contributed by atoms with van der Waals surface area (Å²) in [6, 6.07) is 5.47. The van der Waals surface area contributed by atoms with Crippen molar-refractivity contribution in [2.75, 3.05) is 13.2 Å². The fraction of sp³-hybridized carbons (Fsp3) is 0.400. The number of carbonyl (C=O) groups is 1. The van der Waals surface area contributed by atoms with Crippen molar-refractivity contribution in [2.24, 2.45) is 5.41 Å². The number of nitrogens with one attached hydrogen (secondary N) is 1. The van der Waals surface area contributed by atoms with Crippen LogP contribution >= 0.6 is 11.3 Å². The molecule has 144 valence electrons. The predicted molar refractivity (Wildman–Crippen MR) is 105 cm³/mol. The number of aliphatic hydroxyl groups excluding tert-OH is 1. The predicted octanol–water partition coefficient (Wildman–Crippen LogP) is 3.83. The Morgan fingerprint density at radius 2 is 2.15 bits per heavy atom. The molecule has 0 bridgehead atoms. The van der Waals surface area contributed by atoms with E-state index in [0.29, 0.717) is 41.2 Å². The first-order valence-electron chi connectivity index (χ1n) is 8.75. The summed E-state index contributed by atoms with van der Waals surface area (Å²) in [6.07, 6.45) is 0. The number of aliphatic hydroxyl groups is 1. The quantitative estimate of drug-likeness (QED) is 0.642. The molecule has 0 spiro atoms. The number of aromatic nitrogens is 1. The summed E-state index contributed by atoms with van der Waals surface area (Å²) in [4.78, 5) is 18.0. The largest absolute Gasteiger partial charge is 0.488 e. The van der Waals surface area contributed by atoms with Crippen molar-refractivity contribution in [3.63, 3.8) is 0 Å². The molecule has 3 aromatic rings. The SMILES string of the molecule is Cc1ncsc1COc1ccc2oc(C)c(C(=O)NCC(C)(C)CO)c2c1. The van der Waals surface area contributed by atoms with Gasteiger partial charge in [-0.3, -0.25) is 4.79 Å². The Morgan fingerprint density at radius 3 is 2.81 bits per heavy atom. The lowest BCUT2D eigenvalue weighted by molar-refractivity contribution is 0.0911. The third kappa shape index (κ3) is 4.31. The van der Waals surface area contributed by atoms with Gasteiger partial charge in [0.15, 0.2) is 0 Å². The molecule has 2 aromatic heterocycles. The molecule has 1 aromatic carbocycles. The summed E-state index contributed by atoms with van der Waals surface area (Å²) in [7, 11) is 0. The van der Waals surface area contributed by atoms with E-state index < -0.39 is 0 Å². The highest BCUT2D eigenvalue weighted by Crippen LogP contribution is 2.30. The molecule has 0 aliphatic heterocycles. The van der Waals surface area contributed by atoms with Crippen molar-refractivity contribution in [3.05, 3.63) is 45.6 Å². The molecular weight excluding hydrogens is 364 g/mol. The molecule has 7 heteroatoms. The van der Waals surface area contributed by atoms with E-state index in [1.165, 1.54) is 0 Å². The Labute approximate surface area is 162 Å². The molecule has 27 heavy (non-hydrogen) atoms. The van der Waals surface area contributed by atoms with E-state index in [4.69, 9.17) is 9.15 Å². The molecule has 1 amide bonds. The molecule has 3 rings (SSSR count). The second-order valence-corrected chi connectivity index (χ2v) is 8.29. The topological polar surface area (TPSA) is 84.6 Å². The van der Waals surface area contributed by atoms with Crippen LogP contribution in [-0.2, 0) is 6.61 Å². The Hall–Kier alpha value is -2.38. The molecule has 0 saturated heterocycles.